The Bertz CT molecular complexity index is 1610. The first-order chi connectivity index (χ1) is 20.2. The lowest BCUT2D eigenvalue weighted by atomic mass is 10.1. The largest absolute Gasteiger partial charge is 0.339 e. The van der Waals surface area contributed by atoms with Crippen LogP contribution < -0.4 is 5.32 Å². The van der Waals surface area contributed by atoms with Crippen LogP contribution in [0.15, 0.2) is 54.9 Å². The first-order valence-electron chi connectivity index (χ1n) is 14.8. The van der Waals surface area contributed by atoms with Crippen molar-refractivity contribution in [3.8, 4) is 5.69 Å². The molecule has 0 atom stereocenters. The van der Waals surface area contributed by atoms with Crippen LogP contribution in [-0.4, -0.2) is 74.0 Å². The Hall–Kier alpha value is -4.24. The number of hydrogen-bond acceptors (Lipinski definition) is 5. The Kier molecular flexibility index (Phi) is 8.59. The molecule has 1 aliphatic rings. The Labute approximate surface area is 247 Å². The molecule has 0 bridgehead atoms. The number of aromatic nitrogens is 3. The molecule has 4 aromatic rings. The lowest BCUT2D eigenvalue weighted by Gasteiger charge is -2.37. The molecule has 0 unspecified atom stereocenters. The summed E-state index contributed by atoms with van der Waals surface area (Å²) in [5.41, 5.74) is 5.31. The average Bonchev–Trinajstić information content (AvgIpc) is 3.53. The van der Waals surface area contributed by atoms with Gasteiger partial charge in [0.25, 0.3) is 5.91 Å². The molecular formula is C33H40N6O3. The number of carbonyl (C=O) groups is 3. The van der Waals surface area contributed by atoms with Crippen molar-refractivity contribution in [2.45, 2.75) is 60.0 Å². The minimum atomic E-state index is -0.238. The van der Waals surface area contributed by atoms with Gasteiger partial charge in [-0.15, -0.1) is 0 Å². The van der Waals surface area contributed by atoms with Crippen LogP contribution in [-0.2, 0) is 11.3 Å². The van der Waals surface area contributed by atoms with Gasteiger partial charge in [0, 0.05) is 61.4 Å². The van der Waals surface area contributed by atoms with Crippen LogP contribution in [0.5, 0.6) is 0 Å². The highest BCUT2D eigenvalue weighted by Crippen LogP contribution is 2.25. The van der Waals surface area contributed by atoms with E-state index in [9.17, 15) is 14.4 Å². The van der Waals surface area contributed by atoms with Gasteiger partial charge >= 0.3 is 0 Å². The van der Waals surface area contributed by atoms with Gasteiger partial charge in [-0.05, 0) is 70.5 Å². The summed E-state index contributed by atoms with van der Waals surface area (Å²) in [4.78, 5) is 43.4. The SMILES string of the molecule is CCCC(=O)c1cnn(-c2ccc(NC(=O)c3cn(CC(=O)N4CCN(C(C)C)CC4)c4ccc(C)cc34)cc2)c1C. The van der Waals surface area contributed by atoms with Crippen molar-refractivity contribution in [1.29, 1.82) is 0 Å². The maximum atomic E-state index is 13.5. The van der Waals surface area contributed by atoms with Crippen molar-refractivity contribution >= 4 is 34.2 Å². The molecule has 2 aromatic carbocycles. The third kappa shape index (κ3) is 6.01. The zero-order valence-corrected chi connectivity index (χ0v) is 25.2. The molecular weight excluding hydrogens is 528 g/mol. The van der Waals surface area contributed by atoms with Gasteiger partial charge in [0.15, 0.2) is 5.78 Å². The van der Waals surface area contributed by atoms with E-state index in [1.807, 2.05) is 72.7 Å². The number of benzene rings is 2. The molecule has 1 fully saturated rings. The number of fused-ring (bicyclic) bond motifs is 1. The number of anilines is 1. The van der Waals surface area contributed by atoms with E-state index in [0.717, 1.165) is 47.4 Å². The summed E-state index contributed by atoms with van der Waals surface area (Å²) in [7, 11) is 0. The number of ketones is 1. The minimum absolute atomic E-state index is 0.0619. The first kappa shape index (κ1) is 29.3. The van der Waals surface area contributed by atoms with Crippen LogP contribution in [0, 0.1) is 13.8 Å². The van der Waals surface area contributed by atoms with Crippen LogP contribution in [0.4, 0.5) is 5.69 Å². The van der Waals surface area contributed by atoms with Crippen molar-refractivity contribution in [1.82, 2.24) is 24.1 Å². The van der Waals surface area contributed by atoms with Gasteiger partial charge in [0.1, 0.15) is 6.54 Å². The van der Waals surface area contributed by atoms with Gasteiger partial charge in [-0.2, -0.15) is 5.10 Å². The van der Waals surface area contributed by atoms with E-state index in [1.54, 1.807) is 17.1 Å². The maximum Gasteiger partial charge on any atom is 0.257 e. The Morgan fingerprint density at radius 2 is 1.67 bits per heavy atom. The molecule has 42 heavy (non-hydrogen) atoms. The topological polar surface area (TPSA) is 92.5 Å². The van der Waals surface area contributed by atoms with E-state index in [-0.39, 0.29) is 24.1 Å². The van der Waals surface area contributed by atoms with E-state index in [2.05, 4.69) is 29.2 Å². The monoisotopic (exact) mass is 568 g/mol. The number of hydrogen-bond donors (Lipinski definition) is 1. The number of nitrogens with zero attached hydrogens (tertiary/aromatic N) is 5. The average molecular weight is 569 g/mol. The fourth-order valence-corrected chi connectivity index (χ4v) is 5.65. The van der Waals surface area contributed by atoms with E-state index >= 15 is 0 Å². The molecule has 2 aromatic heterocycles. The van der Waals surface area contributed by atoms with Crippen LogP contribution in [0.1, 0.15) is 65.6 Å². The highest BCUT2D eigenvalue weighted by molar-refractivity contribution is 6.13. The quantitative estimate of drug-likeness (QED) is 0.279. The molecule has 0 radical (unpaired) electrons. The number of Topliss-reactive ketones (excluding diaryl/α,β-unsaturated/α-hetero) is 1. The summed E-state index contributed by atoms with van der Waals surface area (Å²) < 4.78 is 3.63. The van der Waals surface area contributed by atoms with Crippen molar-refractivity contribution < 1.29 is 14.4 Å². The van der Waals surface area contributed by atoms with Crippen molar-refractivity contribution in [2.75, 3.05) is 31.5 Å². The van der Waals surface area contributed by atoms with Crippen LogP contribution in [0.3, 0.4) is 0 Å². The molecule has 0 saturated carbocycles. The highest BCUT2D eigenvalue weighted by atomic mass is 16.2. The minimum Gasteiger partial charge on any atom is -0.339 e. The molecule has 0 aliphatic carbocycles. The molecule has 3 heterocycles. The third-order valence-corrected chi connectivity index (χ3v) is 8.14. The fraction of sp³-hybridized carbons (Fsp3) is 0.394. The van der Waals surface area contributed by atoms with E-state index in [4.69, 9.17) is 0 Å². The Morgan fingerprint density at radius 1 is 0.952 bits per heavy atom. The lowest BCUT2D eigenvalue weighted by molar-refractivity contribution is -0.133. The van der Waals surface area contributed by atoms with Crippen LogP contribution in [0.25, 0.3) is 16.6 Å². The van der Waals surface area contributed by atoms with Gasteiger partial charge < -0.3 is 14.8 Å². The Balaban J connectivity index is 1.32. The summed E-state index contributed by atoms with van der Waals surface area (Å²) in [6.45, 7) is 13.6. The fourth-order valence-electron chi connectivity index (χ4n) is 5.65. The van der Waals surface area contributed by atoms with Gasteiger partial charge in [-0.3, -0.25) is 19.3 Å². The highest BCUT2D eigenvalue weighted by Gasteiger charge is 2.24. The second-order valence-corrected chi connectivity index (χ2v) is 11.4. The maximum absolute atomic E-state index is 13.5. The number of carbonyl (C=O) groups excluding carboxylic acids is 3. The molecule has 9 heteroatoms. The van der Waals surface area contributed by atoms with Crippen molar-refractivity contribution in [2.24, 2.45) is 0 Å². The standard InChI is InChI=1S/C33H40N6O3/c1-6-7-31(40)28-19-34-39(24(28)5)26-11-9-25(10-12-26)35-33(42)29-20-38(30-13-8-23(4)18-27(29)30)21-32(41)37-16-14-36(15-17-37)22(2)3/h8-13,18-20,22H,6-7,14-17,21H2,1-5H3,(H,35,42). The summed E-state index contributed by atoms with van der Waals surface area (Å²) in [6.07, 6.45) is 4.70. The molecule has 1 saturated heterocycles. The normalized spacial score (nSPS) is 14.1. The molecule has 2 amide bonds. The summed E-state index contributed by atoms with van der Waals surface area (Å²) in [6, 6.07) is 13.8. The number of aryl methyl sites for hydroxylation is 1. The second-order valence-electron chi connectivity index (χ2n) is 11.4. The lowest BCUT2D eigenvalue weighted by Crippen LogP contribution is -2.51. The molecule has 9 nitrogen and oxygen atoms in total. The van der Waals surface area contributed by atoms with Gasteiger partial charge in [-0.1, -0.05) is 18.6 Å². The number of rotatable bonds is 9. The number of nitrogens with one attached hydrogen (secondary N) is 1. The van der Waals surface area contributed by atoms with Crippen LogP contribution >= 0.6 is 0 Å². The van der Waals surface area contributed by atoms with Crippen molar-refractivity contribution in [3.63, 3.8) is 0 Å². The zero-order chi connectivity index (χ0) is 30.0. The summed E-state index contributed by atoms with van der Waals surface area (Å²) in [5.74, 6) is -0.0837. The Morgan fingerprint density at radius 3 is 2.33 bits per heavy atom. The van der Waals surface area contributed by atoms with E-state index in [1.165, 1.54) is 0 Å². The summed E-state index contributed by atoms with van der Waals surface area (Å²) in [5, 5.41) is 8.24. The predicted molar refractivity (Wildman–Crippen MR) is 165 cm³/mol. The third-order valence-electron chi connectivity index (χ3n) is 8.14. The van der Waals surface area contributed by atoms with Crippen molar-refractivity contribution in [3.05, 3.63) is 77.2 Å². The smallest absolute Gasteiger partial charge is 0.257 e. The first-order valence-corrected chi connectivity index (χ1v) is 14.8. The second kappa shape index (κ2) is 12.3. The number of amides is 2. The zero-order valence-electron chi connectivity index (χ0n) is 25.2. The van der Waals surface area contributed by atoms with Crippen LogP contribution in [0.2, 0.25) is 0 Å². The number of piperazine rings is 1. The molecule has 1 N–H and O–H groups in total. The van der Waals surface area contributed by atoms with E-state index in [0.29, 0.717) is 42.4 Å². The molecule has 1 aliphatic heterocycles. The van der Waals surface area contributed by atoms with Gasteiger partial charge in [0.2, 0.25) is 5.91 Å². The molecule has 0 spiro atoms. The predicted octanol–water partition coefficient (Wildman–Crippen LogP) is 5.23. The molecule has 220 valence electrons. The molecule has 5 rings (SSSR count). The van der Waals surface area contributed by atoms with Gasteiger partial charge in [0.05, 0.1) is 28.7 Å². The van der Waals surface area contributed by atoms with Gasteiger partial charge in [-0.25, -0.2) is 4.68 Å². The van der Waals surface area contributed by atoms with E-state index < -0.39 is 0 Å². The summed E-state index contributed by atoms with van der Waals surface area (Å²) >= 11 is 0.